The smallest absolute Gasteiger partial charge is 0.157 e. The van der Waals surface area contributed by atoms with Gasteiger partial charge >= 0.3 is 0 Å². The molecule has 4 atom stereocenters. The highest BCUT2D eigenvalue weighted by atomic mass is 16.3. The Balaban J connectivity index is 1.31. The zero-order valence-corrected chi connectivity index (χ0v) is 24.7. The van der Waals surface area contributed by atoms with Crippen LogP contribution in [0.3, 0.4) is 0 Å². The normalized spacial score (nSPS) is 50.0. The van der Waals surface area contributed by atoms with Crippen molar-refractivity contribution in [2.24, 2.45) is 32.5 Å². The Labute approximate surface area is 238 Å². The first-order valence-electron chi connectivity index (χ1n) is 15.6. The molecule has 2 aromatic carbocycles. The molecule has 40 heavy (non-hydrogen) atoms. The summed E-state index contributed by atoms with van der Waals surface area (Å²) in [6.07, 6.45) is 14.8. The van der Waals surface area contributed by atoms with Gasteiger partial charge in [0.05, 0.1) is 0 Å². The number of benzene rings is 2. The van der Waals surface area contributed by atoms with Gasteiger partial charge in [0, 0.05) is 0 Å². The van der Waals surface area contributed by atoms with Crippen molar-refractivity contribution in [2.45, 2.75) is 116 Å². The fourth-order valence-electron chi connectivity index (χ4n) is 14.8. The number of phenols is 4. The van der Waals surface area contributed by atoms with Crippen LogP contribution in [0.25, 0.3) is 0 Å². The van der Waals surface area contributed by atoms with Crippen molar-refractivity contribution in [1.29, 1.82) is 0 Å². The first-order valence-corrected chi connectivity index (χ1v) is 15.6. The molecule has 4 N–H and O–H groups in total. The van der Waals surface area contributed by atoms with Crippen LogP contribution in [0.5, 0.6) is 23.0 Å². The van der Waals surface area contributed by atoms with Gasteiger partial charge in [0.1, 0.15) is 0 Å². The van der Waals surface area contributed by atoms with Crippen LogP contribution in [0.2, 0.25) is 0 Å². The maximum absolute atomic E-state index is 10.6. The van der Waals surface area contributed by atoms with Crippen molar-refractivity contribution in [3.05, 3.63) is 47.5 Å². The molecule has 0 aromatic heterocycles. The van der Waals surface area contributed by atoms with Gasteiger partial charge in [0.25, 0.3) is 0 Å². The van der Waals surface area contributed by atoms with Crippen molar-refractivity contribution in [3.63, 3.8) is 0 Å². The van der Waals surface area contributed by atoms with Gasteiger partial charge in [0.2, 0.25) is 0 Å². The van der Waals surface area contributed by atoms with E-state index in [2.05, 4.69) is 39.8 Å². The second kappa shape index (κ2) is 6.98. The van der Waals surface area contributed by atoms with Gasteiger partial charge in [-0.3, -0.25) is 0 Å². The number of aromatic hydroxyl groups is 4. The van der Waals surface area contributed by atoms with E-state index in [0.29, 0.717) is 0 Å². The largest absolute Gasteiger partial charge is 0.504 e. The molecule has 10 rings (SSSR count). The Morgan fingerprint density at radius 1 is 0.400 bits per heavy atom. The van der Waals surface area contributed by atoms with Crippen LogP contribution in [0.4, 0.5) is 0 Å². The van der Waals surface area contributed by atoms with Crippen LogP contribution in [0.15, 0.2) is 36.4 Å². The second-order valence-corrected chi connectivity index (χ2v) is 17.9. The molecule has 4 unspecified atom stereocenters. The highest BCUT2D eigenvalue weighted by Gasteiger charge is 2.76. The lowest BCUT2D eigenvalue weighted by Gasteiger charge is -2.80. The van der Waals surface area contributed by atoms with Crippen molar-refractivity contribution in [2.75, 3.05) is 0 Å². The first-order chi connectivity index (χ1) is 18.6. The topological polar surface area (TPSA) is 80.9 Å². The summed E-state index contributed by atoms with van der Waals surface area (Å²) in [7, 11) is 0. The lowest BCUT2D eigenvalue weighted by atomic mass is 9.24. The van der Waals surface area contributed by atoms with Gasteiger partial charge in [-0.05, 0) is 156 Å². The summed E-state index contributed by atoms with van der Waals surface area (Å²) in [6, 6.07) is 11.4. The summed E-state index contributed by atoms with van der Waals surface area (Å²) in [5, 5.41) is 41.6. The Morgan fingerprint density at radius 2 is 0.725 bits per heavy atom. The van der Waals surface area contributed by atoms with Crippen LogP contribution in [0, 0.1) is 32.5 Å². The molecular formula is C36H46O4. The molecular weight excluding hydrogens is 496 g/mol. The van der Waals surface area contributed by atoms with Crippen LogP contribution in [-0.4, -0.2) is 20.4 Å². The van der Waals surface area contributed by atoms with Crippen LogP contribution in [-0.2, 0) is 10.8 Å². The first kappa shape index (κ1) is 25.4. The molecule has 214 valence electrons. The van der Waals surface area contributed by atoms with E-state index >= 15 is 0 Å². The van der Waals surface area contributed by atoms with Crippen LogP contribution in [0.1, 0.15) is 116 Å². The maximum atomic E-state index is 10.6. The van der Waals surface area contributed by atoms with E-state index in [-0.39, 0.29) is 66.3 Å². The highest BCUT2D eigenvalue weighted by molar-refractivity contribution is 5.47. The van der Waals surface area contributed by atoms with Crippen molar-refractivity contribution >= 4 is 0 Å². The average Bonchev–Trinajstić information content (AvgIpc) is 2.78. The summed E-state index contributed by atoms with van der Waals surface area (Å²) in [6.45, 7) is 10.2. The Morgan fingerprint density at radius 3 is 1.02 bits per heavy atom. The third-order valence-electron chi connectivity index (χ3n) is 13.5. The van der Waals surface area contributed by atoms with E-state index in [4.69, 9.17) is 0 Å². The fourth-order valence-corrected chi connectivity index (χ4v) is 14.8. The van der Waals surface area contributed by atoms with Crippen LogP contribution >= 0.6 is 0 Å². The molecule has 8 aliphatic rings. The van der Waals surface area contributed by atoms with E-state index in [1.165, 1.54) is 88.2 Å². The number of rotatable bonds is 3. The Hall–Kier alpha value is -2.36. The molecule has 2 aromatic rings. The van der Waals surface area contributed by atoms with Gasteiger partial charge in [-0.2, -0.15) is 0 Å². The van der Waals surface area contributed by atoms with E-state index in [1.807, 2.05) is 12.1 Å². The molecule has 0 aliphatic heterocycles. The fraction of sp³-hybridized carbons (Fsp3) is 0.667. The van der Waals surface area contributed by atoms with Gasteiger partial charge in [0.15, 0.2) is 23.0 Å². The molecule has 0 saturated heterocycles. The molecule has 0 radical (unpaired) electrons. The van der Waals surface area contributed by atoms with Gasteiger partial charge in [-0.25, -0.2) is 0 Å². The minimum atomic E-state index is -0.0263. The predicted molar refractivity (Wildman–Crippen MR) is 156 cm³/mol. The van der Waals surface area contributed by atoms with Gasteiger partial charge in [-0.1, -0.05) is 39.8 Å². The summed E-state index contributed by atoms with van der Waals surface area (Å²) in [5.74, 6) is -0.0275. The minimum Gasteiger partial charge on any atom is -0.504 e. The zero-order chi connectivity index (χ0) is 28.2. The molecule has 4 nitrogen and oxygen atoms in total. The van der Waals surface area contributed by atoms with Crippen molar-refractivity contribution in [1.82, 2.24) is 0 Å². The lowest BCUT2D eigenvalue weighted by Crippen LogP contribution is -2.71. The van der Waals surface area contributed by atoms with Crippen molar-refractivity contribution in [3.8, 4) is 23.0 Å². The molecule has 0 heterocycles. The number of phenolic OH excluding ortho intramolecular Hbond substituents is 4. The summed E-state index contributed by atoms with van der Waals surface area (Å²) < 4.78 is 0. The Kier molecular flexibility index (Phi) is 4.43. The van der Waals surface area contributed by atoms with E-state index in [1.54, 1.807) is 12.1 Å². The molecule has 8 aliphatic carbocycles. The number of hydrogen-bond donors (Lipinski definition) is 4. The summed E-state index contributed by atoms with van der Waals surface area (Å²) in [4.78, 5) is 0. The zero-order valence-electron chi connectivity index (χ0n) is 24.7. The molecule has 0 amide bonds. The van der Waals surface area contributed by atoms with Gasteiger partial charge < -0.3 is 20.4 Å². The molecule has 0 spiro atoms. The summed E-state index contributed by atoms with van der Waals surface area (Å²) in [5.41, 5.74) is 4.04. The van der Waals surface area contributed by atoms with E-state index in [9.17, 15) is 20.4 Å². The second-order valence-electron chi connectivity index (χ2n) is 17.9. The van der Waals surface area contributed by atoms with Crippen molar-refractivity contribution < 1.29 is 20.4 Å². The molecule has 8 bridgehead atoms. The van der Waals surface area contributed by atoms with Gasteiger partial charge in [-0.15, -0.1) is 0 Å². The maximum Gasteiger partial charge on any atom is 0.157 e. The highest BCUT2D eigenvalue weighted by Crippen LogP contribution is 2.85. The van der Waals surface area contributed by atoms with E-state index < -0.39 is 0 Å². The monoisotopic (exact) mass is 542 g/mol. The SMILES string of the molecule is CC12CC3(C)CC(c4ccc(O)c(O)c4)(C1)CC(C14CC5(C)CC(C)(CC(c6ccc(O)c(O)c6)(C5)C1)C4)(C2)C3. The third kappa shape index (κ3) is 3.14. The average molecular weight is 543 g/mol. The number of hydrogen-bond acceptors (Lipinski definition) is 4. The lowest BCUT2D eigenvalue weighted by molar-refractivity contribution is -0.275. The standard InChI is InChI=1S/C36H46O4/c1-29-11-30(2)14-33(13-29,23-5-7-25(37)27(39)9-23)21-35(17-29,18-30)36-19-31(3)12-32(4,20-36)16-34(15-31,22-36)24-6-8-26(38)28(40)10-24/h5-10,37-40H,11-22H2,1-4H3. The molecule has 8 saturated carbocycles. The Bertz CT molecular complexity index is 1310. The quantitative estimate of drug-likeness (QED) is 0.293. The van der Waals surface area contributed by atoms with Crippen LogP contribution < -0.4 is 0 Å². The predicted octanol–water partition coefficient (Wildman–Crippen LogP) is 8.45. The minimum absolute atomic E-state index is 0.0125. The van der Waals surface area contributed by atoms with E-state index in [0.717, 1.165) is 0 Å². The molecule has 8 fully saturated rings. The third-order valence-corrected chi connectivity index (χ3v) is 13.5. The molecule has 4 heteroatoms. The summed E-state index contributed by atoms with van der Waals surface area (Å²) >= 11 is 0.